The number of pyridine rings is 1. The van der Waals surface area contributed by atoms with Crippen molar-refractivity contribution in [3.63, 3.8) is 0 Å². The van der Waals surface area contributed by atoms with Gasteiger partial charge in [-0.3, -0.25) is 15.2 Å². The average molecular weight is 484 g/mol. The van der Waals surface area contributed by atoms with Crippen molar-refractivity contribution in [3.8, 4) is 11.5 Å². The molecule has 0 atom stereocenters. The molecule has 3 heterocycles. The number of ether oxygens (including phenoxy) is 2. The van der Waals surface area contributed by atoms with Crippen LogP contribution in [-0.2, 0) is 11.4 Å². The number of hydrogen-bond acceptors (Lipinski definition) is 7. The molecule has 0 bridgehead atoms. The summed E-state index contributed by atoms with van der Waals surface area (Å²) in [4.78, 5) is 21.0. The summed E-state index contributed by atoms with van der Waals surface area (Å²) in [5.41, 5.74) is 3.86. The number of nitrogens with zero attached hydrogens (tertiary/aromatic N) is 4. The number of hydrogen-bond donors (Lipinski definition) is 1. The minimum Gasteiger partial charge on any atom is -0.493 e. The minimum absolute atomic E-state index is 0.0368. The Hall–Kier alpha value is -4.24. The second kappa shape index (κ2) is 9.55. The molecule has 2 aromatic carbocycles. The zero-order valence-electron chi connectivity index (χ0n) is 19.1. The third kappa shape index (κ3) is 4.58. The second-order valence-electron chi connectivity index (χ2n) is 7.79. The monoisotopic (exact) mass is 483 g/mol. The standard InChI is InChI=1S/C26H21N5O3S/c1-16-6-3-4-7-19(16)15-34-21-10-9-17(13-22(21)33-2)12-20-23(27)31-26(29-24(20)32)35-25(30-31)18-8-5-11-28-14-18/h3-14,27H,15H2,1-2H3/b20-12-,27-23?. The lowest BCUT2D eigenvalue weighted by Crippen LogP contribution is -2.35. The number of aromatic nitrogens is 1. The molecule has 5 rings (SSSR count). The quantitative estimate of drug-likeness (QED) is 0.513. The molecule has 8 nitrogen and oxygen atoms in total. The third-order valence-corrected chi connectivity index (χ3v) is 6.46. The Morgan fingerprint density at radius 1 is 1.11 bits per heavy atom. The van der Waals surface area contributed by atoms with Crippen molar-refractivity contribution in [1.82, 2.24) is 9.99 Å². The summed E-state index contributed by atoms with van der Waals surface area (Å²) in [6.45, 7) is 2.45. The molecule has 0 radical (unpaired) electrons. The number of hydrazone groups is 1. The van der Waals surface area contributed by atoms with Gasteiger partial charge in [-0.1, -0.05) is 30.3 Å². The molecule has 0 aliphatic carbocycles. The van der Waals surface area contributed by atoms with Crippen molar-refractivity contribution in [3.05, 3.63) is 94.8 Å². The molecule has 0 fully saturated rings. The van der Waals surface area contributed by atoms with Crippen LogP contribution < -0.4 is 9.47 Å². The molecule has 2 aliphatic rings. The van der Waals surface area contributed by atoms with Crippen molar-refractivity contribution >= 4 is 39.8 Å². The highest BCUT2D eigenvalue weighted by molar-refractivity contribution is 8.27. The van der Waals surface area contributed by atoms with Crippen molar-refractivity contribution in [1.29, 1.82) is 5.41 Å². The molecule has 1 N–H and O–H groups in total. The predicted molar refractivity (Wildman–Crippen MR) is 137 cm³/mol. The van der Waals surface area contributed by atoms with Gasteiger partial charge in [0.1, 0.15) is 11.7 Å². The number of rotatable bonds is 6. The van der Waals surface area contributed by atoms with E-state index in [1.807, 2.05) is 43.3 Å². The molecule has 2 aliphatic heterocycles. The van der Waals surface area contributed by atoms with E-state index in [4.69, 9.17) is 14.9 Å². The SMILES string of the molecule is COc1cc(/C=C2/C(=N)N3N=C(c4cccnc4)SC3=NC2=O)ccc1OCc1ccccc1C. The molecule has 35 heavy (non-hydrogen) atoms. The van der Waals surface area contributed by atoms with E-state index in [1.165, 1.54) is 16.8 Å². The van der Waals surface area contributed by atoms with Gasteiger partial charge in [-0.2, -0.15) is 15.1 Å². The topological polar surface area (TPSA) is 100 Å². The van der Waals surface area contributed by atoms with E-state index in [0.717, 1.165) is 16.7 Å². The summed E-state index contributed by atoms with van der Waals surface area (Å²) >= 11 is 1.24. The summed E-state index contributed by atoms with van der Waals surface area (Å²) in [5, 5.41) is 15.4. The fourth-order valence-electron chi connectivity index (χ4n) is 3.59. The number of aryl methyl sites for hydroxylation is 1. The number of fused-ring (bicyclic) bond motifs is 1. The van der Waals surface area contributed by atoms with Gasteiger partial charge in [0.25, 0.3) is 5.91 Å². The Kier molecular flexibility index (Phi) is 6.15. The molecule has 1 amide bonds. The minimum atomic E-state index is -0.491. The van der Waals surface area contributed by atoms with Crippen LogP contribution in [0.2, 0.25) is 0 Å². The normalized spacial score (nSPS) is 16.2. The summed E-state index contributed by atoms with van der Waals surface area (Å²) in [6, 6.07) is 17.1. The number of aliphatic imine (C=N–C) groups is 1. The maximum atomic E-state index is 12.8. The first-order valence-corrected chi connectivity index (χ1v) is 11.6. The number of methoxy groups -OCH3 is 1. The van der Waals surface area contributed by atoms with Crippen LogP contribution in [0.15, 0.2) is 82.7 Å². The summed E-state index contributed by atoms with van der Waals surface area (Å²) in [6.07, 6.45) is 4.97. The van der Waals surface area contributed by atoms with Crippen LogP contribution in [0.5, 0.6) is 11.5 Å². The van der Waals surface area contributed by atoms with Gasteiger partial charge in [0.2, 0.25) is 5.17 Å². The number of carbonyl (C=O) groups is 1. The van der Waals surface area contributed by atoms with Gasteiger partial charge in [-0.05, 0) is 65.7 Å². The number of amidine groups is 2. The lowest BCUT2D eigenvalue weighted by atomic mass is 10.1. The Morgan fingerprint density at radius 3 is 2.74 bits per heavy atom. The van der Waals surface area contributed by atoms with E-state index in [2.05, 4.69) is 15.1 Å². The van der Waals surface area contributed by atoms with Crippen LogP contribution in [0.3, 0.4) is 0 Å². The van der Waals surface area contributed by atoms with E-state index in [0.29, 0.717) is 33.9 Å². The Balaban J connectivity index is 1.38. The maximum absolute atomic E-state index is 12.8. The molecular formula is C26H21N5O3S. The number of nitrogens with one attached hydrogen (secondary N) is 1. The molecule has 174 valence electrons. The fraction of sp³-hybridized carbons (Fsp3) is 0.115. The zero-order valence-corrected chi connectivity index (χ0v) is 19.9. The van der Waals surface area contributed by atoms with Crippen LogP contribution in [0, 0.1) is 12.3 Å². The fourth-order valence-corrected chi connectivity index (χ4v) is 4.47. The van der Waals surface area contributed by atoms with E-state index in [1.54, 1.807) is 43.8 Å². The number of amides is 1. The zero-order chi connectivity index (χ0) is 24.4. The van der Waals surface area contributed by atoms with Gasteiger partial charge < -0.3 is 9.47 Å². The van der Waals surface area contributed by atoms with E-state index in [-0.39, 0.29) is 11.4 Å². The Morgan fingerprint density at radius 2 is 1.97 bits per heavy atom. The van der Waals surface area contributed by atoms with Crippen LogP contribution in [-0.4, -0.2) is 39.1 Å². The first kappa shape index (κ1) is 22.5. The van der Waals surface area contributed by atoms with Crippen molar-refractivity contribution < 1.29 is 14.3 Å². The van der Waals surface area contributed by atoms with Crippen LogP contribution >= 0.6 is 11.8 Å². The van der Waals surface area contributed by atoms with Crippen LogP contribution in [0.1, 0.15) is 22.3 Å². The van der Waals surface area contributed by atoms with Crippen molar-refractivity contribution in [2.75, 3.05) is 7.11 Å². The summed E-state index contributed by atoms with van der Waals surface area (Å²) in [5.74, 6) is 0.589. The van der Waals surface area contributed by atoms with Gasteiger partial charge in [0.05, 0.1) is 12.7 Å². The van der Waals surface area contributed by atoms with Gasteiger partial charge in [0.15, 0.2) is 17.3 Å². The van der Waals surface area contributed by atoms with Crippen LogP contribution in [0.4, 0.5) is 0 Å². The highest BCUT2D eigenvalue weighted by atomic mass is 32.2. The molecule has 0 spiro atoms. The molecule has 9 heteroatoms. The van der Waals surface area contributed by atoms with Gasteiger partial charge >= 0.3 is 0 Å². The van der Waals surface area contributed by atoms with Crippen molar-refractivity contribution in [2.24, 2.45) is 10.1 Å². The summed E-state index contributed by atoms with van der Waals surface area (Å²) < 4.78 is 11.5. The molecule has 3 aromatic rings. The van der Waals surface area contributed by atoms with Gasteiger partial charge in [-0.15, -0.1) is 0 Å². The third-order valence-electron chi connectivity index (χ3n) is 5.51. The number of thioether (sulfide) groups is 1. The largest absolute Gasteiger partial charge is 0.493 e. The highest BCUT2D eigenvalue weighted by Gasteiger charge is 2.36. The lowest BCUT2D eigenvalue weighted by molar-refractivity contribution is -0.114. The molecule has 1 aromatic heterocycles. The number of benzene rings is 2. The molecule has 0 unspecified atom stereocenters. The van der Waals surface area contributed by atoms with Gasteiger partial charge in [-0.25, -0.2) is 0 Å². The summed E-state index contributed by atoms with van der Waals surface area (Å²) in [7, 11) is 1.56. The lowest BCUT2D eigenvalue weighted by Gasteiger charge is -2.20. The Labute approximate surface area is 206 Å². The smallest absolute Gasteiger partial charge is 0.283 e. The first-order chi connectivity index (χ1) is 17.0. The van der Waals surface area contributed by atoms with E-state index in [9.17, 15) is 4.79 Å². The molecule has 0 saturated heterocycles. The van der Waals surface area contributed by atoms with E-state index >= 15 is 0 Å². The highest BCUT2D eigenvalue weighted by Crippen LogP contribution is 2.33. The number of carbonyl (C=O) groups excluding carboxylic acids is 1. The molecular weight excluding hydrogens is 462 g/mol. The maximum Gasteiger partial charge on any atom is 0.283 e. The Bertz CT molecular complexity index is 1420. The van der Waals surface area contributed by atoms with E-state index < -0.39 is 5.91 Å². The van der Waals surface area contributed by atoms with Gasteiger partial charge in [0, 0.05) is 18.0 Å². The van der Waals surface area contributed by atoms with Crippen molar-refractivity contribution in [2.45, 2.75) is 13.5 Å². The first-order valence-electron chi connectivity index (χ1n) is 10.8. The average Bonchev–Trinajstić information content (AvgIpc) is 3.31. The molecule has 0 saturated carbocycles. The van der Waals surface area contributed by atoms with Crippen LogP contribution in [0.25, 0.3) is 6.08 Å². The predicted octanol–water partition coefficient (Wildman–Crippen LogP) is 4.65. The second-order valence-corrected chi connectivity index (χ2v) is 8.75.